The SMILES string of the molecule is O=C1C[C@@H](c2ccc(F)cc2)Cc2nc(NC[C@@H]3CCCO3)ncc21. The van der Waals surface area contributed by atoms with Crippen LogP contribution in [0.5, 0.6) is 0 Å². The van der Waals surface area contributed by atoms with Gasteiger partial charge in [-0.05, 0) is 42.9 Å². The third-order valence-corrected chi connectivity index (χ3v) is 4.89. The Hall–Kier alpha value is -2.34. The van der Waals surface area contributed by atoms with Gasteiger partial charge in [0.25, 0.3) is 0 Å². The first kappa shape index (κ1) is 16.1. The molecule has 0 amide bonds. The number of halogens is 1. The summed E-state index contributed by atoms with van der Waals surface area (Å²) in [6, 6.07) is 6.36. The zero-order chi connectivity index (χ0) is 17.2. The van der Waals surface area contributed by atoms with E-state index in [1.54, 1.807) is 18.3 Å². The maximum absolute atomic E-state index is 13.1. The number of anilines is 1. The van der Waals surface area contributed by atoms with Gasteiger partial charge in [0.2, 0.25) is 5.95 Å². The molecule has 0 bridgehead atoms. The molecule has 5 nitrogen and oxygen atoms in total. The summed E-state index contributed by atoms with van der Waals surface area (Å²) in [5, 5.41) is 3.21. The predicted molar refractivity (Wildman–Crippen MR) is 91.3 cm³/mol. The van der Waals surface area contributed by atoms with E-state index in [1.807, 2.05) is 0 Å². The van der Waals surface area contributed by atoms with Crippen molar-refractivity contribution in [2.45, 2.75) is 37.7 Å². The van der Waals surface area contributed by atoms with Crippen LogP contribution in [-0.2, 0) is 11.2 Å². The summed E-state index contributed by atoms with van der Waals surface area (Å²) in [4.78, 5) is 21.2. The van der Waals surface area contributed by atoms with Crippen LogP contribution >= 0.6 is 0 Å². The molecule has 1 aliphatic carbocycles. The highest BCUT2D eigenvalue weighted by atomic mass is 19.1. The minimum atomic E-state index is -0.269. The van der Waals surface area contributed by atoms with Crippen LogP contribution in [0.4, 0.5) is 10.3 Å². The van der Waals surface area contributed by atoms with Crippen LogP contribution in [0.15, 0.2) is 30.5 Å². The largest absolute Gasteiger partial charge is 0.376 e. The molecule has 1 N–H and O–H groups in total. The molecular formula is C19H20FN3O2. The van der Waals surface area contributed by atoms with E-state index in [9.17, 15) is 9.18 Å². The van der Waals surface area contributed by atoms with E-state index >= 15 is 0 Å². The van der Waals surface area contributed by atoms with Gasteiger partial charge in [-0.2, -0.15) is 0 Å². The topological polar surface area (TPSA) is 64.1 Å². The van der Waals surface area contributed by atoms with E-state index in [1.165, 1.54) is 12.1 Å². The lowest BCUT2D eigenvalue weighted by Gasteiger charge is -2.23. The molecule has 130 valence electrons. The summed E-state index contributed by atoms with van der Waals surface area (Å²) in [5.41, 5.74) is 2.32. The maximum Gasteiger partial charge on any atom is 0.222 e. The summed E-state index contributed by atoms with van der Waals surface area (Å²) in [7, 11) is 0. The Morgan fingerprint density at radius 2 is 2.08 bits per heavy atom. The van der Waals surface area contributed by atoms with Crippen molar-refractivity contribution in [3.05, 3.63) is 53.1 Å². The van der Waals surface area contributed by atoms with Crippen LogP contribution < -0.4 is 5.32 Å². The molecule has 0 unspecified atom stereocenters. The Balaban J connectivity index is 1.51. The van der Waals surface area contributed by atoms with Crippen LogP contribution in [0.2, 0.25) is 0 Å². The zero-order valence-corrected chi connectivity index (χ0v) is 13.9. The molecule has 0 saturated carbocycles. The lowest BCUT2D eigenvalue weighted by Crippen LogP contribution is -2.23. The molecule has 4 rings (SSSR count). The average molecular weight is 341 g/mol. The van der Waals surface area contributed by atoms with Crippen LogP contribution in [0, 0.1) is 5.82 Å². The number of carbonyl (C=O) groups excluding carboxylic acids is 1. The Kier molecular flexibility index (Phi) is 4.44. The Bertz CT molecular complexity index is 773. The molecule has 25 heavy (non-hydrogen) atoms. The number of fused-ring (bicyclic) bond motifs is 1. The van der Waals surface area contributed by atoms with Crippen molar-refractivity contribution in [1.29, 1.82) is 0 Å². The number of benzene rings is 1. The first-order valence-corrected chi connectivity index (χ1v) is 8.69. The number of hydrogen-bond acceptors (Lipinski definition) is 5. The third-order valence-electron chi connectivity index (χ3n) is 4.89. The number of carbonyl (C=O) groups is 1. The number of nitrogens with one attached hydrogen (secondary N) is 1. The number of ether oxygens (including phenoxy) is 1. The number of ketones is 1. The normalized spacial score (nSPS) is 22.7. The Morgan fingerprint density at radius 3 is 2.84 bits per heavy atom. The van der Waals surface area contributed by atoms with Crippen molar-refractivity contribution in [3.63, 3.8) is 0 Å². The second-order valence-corrected chi connectivity index (χ2v) is 6.65. The van der Waals surface area contributed by atoms with Gasteiger partial charge in [0.15, 0.2) is 5.78 Å². The highest BCUT2D eigenvalue weighted by molar-refractivity contribution is 5.98. The van der Waals surface area contributed by atoms with Crippen molar-refractivity contribution in [2.24, 2.45) is 0 Å². The molecule has 2 aliphatic rings. The number of hydrogen-bond donors (Lipinski definition) is 1. The van der Waals surface area contributed by atoms with Crippen LogP contribution in [0.1, 0.15) is 46.8 Å². The lowest BCUT2D eigenvalue weighted by molar-refractivity contribution is 0.0962. The van der Waals surface area contributed by atoms with Gasteiger partial charge in [-0.3, -0.25) is 4.79 Å². The summed E-state index contributed by atoms with van der Waals surface area (Å²) in [6.45, 7) is 1.49. The van der Waals surface area contributed by atoms with Gasteiger partial charge in [0, 0.05) is 25.8 Å². The van der Waals surface area contributed by atoms with Crippen molar-refractivity contribution in [3.8, 4) is 0 Å². The molecular weight excluding hydrogens is 321 g/mol. The second-order valence-electron chi connectivity index (χ2n) is 6.65. The van der Waals surface area contributed by atoms with E-state index in [-0.39, 0.29) is 23.6 Å². The molecule has 6 heteroatoms. The van der Waals surface area contributed by atoms with Crippen molar-refractivity contribution < 1.29 is 13.9 Å². The average Bonchev–Trinajstić information content (AvgIpc) is 3.14. The van der Waals surface area contributed by atoms with Crippen LogP contribution in [-0.4, -0.2) is 35.0 Å². The summed E-state index contributed by atoms with van der Waals surface area (Å²) < 4.78 is 18.7. The van der Waals surface area contributed by atoms with Gasteiger partial charge in [0.05, 0.1) is 17.4 Å². The predicted octanol–water partition coefficient (Wildman–Crippen LogP) is 3.12. The minimum absolute atomic E-state index is 0.0292. The molecule has 1 aliphatic heterocycles. The molecule has 1 saturated heterocycles. The van der Waals surface area contributed by atoms with E-state index < -0.39 is 0 Å². The van der Waals surface area contributed by atoms with E-state index in [4.69, 9.17) is 4.74 Å². The van der Waals surface area contributed by atoms with Gasteiger partial charge in [0.1, 0.15) is 5.82 Å². The lowest BCUT2D eigenvalue weighted by atomic mass is 9.82. The molecule has 2 atom stereocenters. The highest BCUT2D eigenvalue weighted by Crippen LogP contribution is 2.32. The number of nitrogens with zero attached hydrogens (tertiary/aromatic N) is 2. The fraction of sp³-hybridized carbons (Fsp3) is 0.421. The molecule has 2 aromatic rings. The summed E-state index contributed by atoms with van der Waals surface area (Å²) in [6.07, 6.45) is 5.01. The highest BCUT2D eigenvalue weighted by Gasteiger charge is 2.28. The first-order valence-electron chi connectivity index (χ1n) is 8.69. The van der Waals surface area contributed by atoms with Crippen LogP contribution in [0.25, 0.3) is 0 Å². The zero-order valence-electron chi connectivity index (χ0n) is 13.9. The number of aromatic nitrogens is 2. The molecule has 1 aromatic heterocycles. The van der Waals surface area contributed by atoms with E-state index in [2.05, 4.69) is 15.3 Å². The van der Waals surface area contributed by atoms with Gasteiger partial charge < -0.3 is 10.1 Å². The molecule has 0 spiro atoms. The Morgan fingerprint density at radius 1 is 1.24 bits per heavy atom. The van der Waals surface area contributed by atoms with Gasteiger partial charge >= 0.3 is 0 Å². The fourth-order valence-corrected chi connectivity index (χ4v) is 3.51. The Labute approximate surface area is 145 Å². The molecule has 1 fully saturated rings. The second kappa shape index (κ2) is 6.88. The van der Waals surface area contributed by atoms with Crippen molar-refractivity contribution in [2.75, 3.05) is 18.5 Å². The van der Waals surface area contributed by atoms with Gasteiger partial charge in [-0.25, -0.2) is 14.4 Å². The minimum Gasteiger partial charge on any atom is -0.376 e. The molecule has 2 heterocycles. The van der Waals surface area contributed by atoms with E-state index in [0.717, 1.165) is 30.7 Å². The smallest absolute Gasteiger partial charge is 0.222 e. The monoisotopic (exact) mass is 341 g/mol. The first-order chi connectivity index (χ1) is 12.2. The summed E-state index contributed by atoms with van der Waals surface area (Å²) >= 11 is 0. The van der Waals surface area contributed by atoms with Gasteiger partial charge in [-0.1, -0.05) is 12.1 Å². The van der Waals surface area contributed by atoms with Gasteiger partial charge in [-0.15, -0.1) is 0 Å². The van der Waals surface area contributed by atoms with Crippen LogP contribution in [0.3, 0.4) is 0 Å². The van der Waals surface area contributed by atoms with Crippen molar-refractivity contribution in [1.82, 2.24) is 9.97 Å². The quantitative estimate of drug-likeness (QED) is 0.926. The maximum atomic E-state index is 13.1. The summed E-state index contributed by atoms with van der Waals surface area (Å²) in [5.74, 6) is 0.332. The number of Topliss-reactive ketones (excluding diaryl/α,β-unsaturated/α-hetero) is 1. The van der Waals surface area contributed by atoms with E-state index in [0.29, 0.717) is 30.9 Å². The molecule has 0 radical (unpaired) electrons. The fourth-order valence-electron chi connectivity index (χ4n) is 3.51. The standard InChI is InChI=1S/C19H20FN3O2/c20-14-5-3-12(4-6-14)13-8-17-16(18(24)9-13)11-22-19(23-17)21-10-15-2-1-7-25-15/h3-6,11,13,15H,1-2,7-10H2,(H,21,22,23)/t13-,15-/m0/s1. The van der Waals surface area contributed by atoms with Crippen molar-refractivity contribution >= 4 is 11.7 Å². The number of rotatable bonds is 4. The molecule has 1 aromatic carbocycles. The third kappa shape index (κ3) is 3.54.